The van der Waals surface area contributed by atoms with Gasteiger partial charge in [-0.1, -0.05) is 110 Å². The van der Waals surface area contributed by atoms with Crippen LogP contribution in [0.2, 0.25) is 0 Å². The number of hydrogen-bond donors (Lipinski definition) is 0. The Morgan fingerprint density at radius 2 is 1.07 bits per heavy atom. The van der Waals surface area contributed by atoms with Crippen molar-refractivity contribution in [3.05, 3.63) is 22.4 Å². The van der Waals surface area contributed by atoms with E-state index in [9.17, 15) is 0 Å². The Hall–Kier alpha value is -0.340. The molecule has 0 radical (unpaired) electrons. The van der Waals surface area contributed by atoms with Crippen molar-refractivity contribution in [3.63, 3.8) is 0 Å². The number of hydrogen-bond acceptors (Lipinski definition) is 2. The van der Waals surface area contributed by atoms with Crippen LogP contribution in [0.4, 0.5) is 0 Å². The first-order chi connectivity index (χ1) is 13.4. The SMILES string of the molecule is CCCCCCCCCCN(CCCCCCCCCC)Cc1cccs1. The molecule has 1 aromatic heterocycles. The van der Waals surface area contributed by atoms with Crippen molar-refractivity contribution in [3.8, 4) is 0 Å². The molecule has 0 amide bonds. The average molecular weight is 394 g/mol. The lowest BCUT2D eigenvalue weighted by Gasteiger charge is -2.21. The molecule has 0 N–H and O–H groups in total. The van der Waals surface area contributed by atoms with Gasteiger partial charge in [-0.25, -0.2) is 0 Å². The number of nitrogens with zero attached hydrogens (tertiary/aromatic N) is 1. The highest BCUT2D eigenvalue weighted by Gasteiger charge is 2.07. The molecular weight excluding hydrogens is 346 g/mol. The van der Waals surface area contributed by atoms with Crippen molar-refractivity contribution >= 4 is 11.3 Å². The van der Waals surface area contributed by atoms with E-state index in [1.165, 1.54) is 127 Å². The Morgan fingerprint density at radius 3 is 1.48 bits per heavy atom. The zero-order valence-corrected chi connectivity index (χ0v) is 19.3. The Morgan fingerprint density at radius 1 is 0.630 bits per heavy atom. The van der Waals surface area contributed by atoms with Gasteiger partial charge in [0.05, 0.1) is 0 Å². The molecule has 0 aliphatic carbocycles. The summed E-state index contributed by atoms with van der Waals surface area (Å²) in [6, 6.07) is 4.50. The van der Waals surface area contributed by atoms with Crippen molar-refractivity contribution < 1.29 is 0 Å². The smallest absolute Gasteiger partial charge is 0.0327 e. The highest BCUT2D eigenvalue weighted by atomic mass is 32.1. The lowest BCUT2D eigenvalue weighted by atomic mass is 10.1. The predicted octanol–water partition coefficient (Wildman–Crippen LogP) is 8.83. The fourth-order valence-corrected chi connectivity index (χ4v) is 4.58. The van der Waals surface area contributed by atoms with Crippen LogP contribution in [0.3, 0.4) is 0 Å². The van der Waals surface area contributed by atoms with Crippen molar-refractivity contribution in [2.75, 3.05) is 13.1 Å². The van der Waals surface area contributed by atoms with Crippen LogP contribution in [0.1, 0.15) is 121 Å². The molecule has 0 fully saturated rings. The Labute approximate surface area is 174 Å². The monoisotopic (exact) mass is 393 g/mol. The van der Waals surface area contributed by atoms with E-state index < -0.39 is 0 Å². The normalized spacial score (nSPS) is 11.5. The maximum absolute atomic E-state index is 2.72. The maximum Gasteiger partial charge on any atom is 0.0327 e. The minimum atomic E-state index is 1.17. The first-order valence-electron chi connectivity index (χ1n) is 12.1. The lowest BCUT2D eigenvalue weighted by Crippen LogP contribution is -2.25. The summed E-state index contributed by atoms with van der Waals surface area (Å²) in [6.07, 6.45) is 22.7. The van der Waals surface area contributed by atoms with Crippen LogP contribution < -0.4 is 0 Å². The summed E-state index contributed by atoms with van der Waals surface area (Å²) in [6.45, 7) is 8.36. The summed E-state index contributed by atoms with van der Waals surface area (Å²) in [7, 11) is 0. The van der Waals surface area contributed by atoms with Gasteiger partial charge in [-0.2, -0.15) is 0 Å². The summed E-state index contributed by atoms with van der Waals surface area (Å²) < 4.78 is 0. The minimum absolute atomic E-state index is 1.17. The van der Waals surface area contributed by atoms with E-state index in [-0.39, 0.29) is 0 Å². The van der Waals surface area contributed by atoms with E-state index in [0.717, 1.165) is 0 Å². The van der Waals surface area contributed by atoms with E-state index in [1.807, 2.05) is 11.3 Å². The van der Waals surface area contributed by atoms with Gasteiger partial charge in [0.1, 0.15) is 0 Å². The van der Waals surface area contributed by atoms with E-state index >= 15 is 0 Å². The molecule has 158 valence electrons. The Kier molecular flexibility index (Phi) is 17.4. The fourth-order valence-electron chi connectivity index (χ4n) is 3.83. The first-order valence-corrected chi connectivity index (χ1v) is 13.0. The summed E-state index contributed by atoms with van der Waals surface area (Å²) in [5.41, 5.74) is 0. The van der Waals surface area contributed by atoms with Gasteiger partial charge in [0.25, 0.3) is 0 Å². The predicted molar refractivity (Wildman–Crippen MR) is 125 cm³/mol. The largest absolute Gasteiger partial charge is 0.298 e. The maximum atomic E-state index is 2.72. The molecule has 0 aliphatic rings. The Bertz CT molecular complexity index is 367. The first kappa shape index (κ1) is 24.7. The molecule has 0 saturated carbocycles. The standard InChI is InChI=1S/C25H47NS/c1-3-5-7-9-11-13-15-17-21-26(24-25-20-19-23-27-25)22-18-16-14-12-10-8-6-4-2/h19-20,23H,3-18,21-22,24H2,1-2H3. The molecule has 2 heteroatoms. The van der Waals surface area contributed by atoms with Crippen LogP contribution in [-0.4, -0.2) is 18.0 Å². The fraction of sp³-hybridized carbons (Fsp3) is 0.840. The van der Waals surface area contributed by atoms with Gasteiger partial charge >= 0.3 is 0 Å². The molecule has 0 unspecified atom stereocenters. The summed E-state index contributed by atoms with van der Waals surface area (Å²) in [5.74, 6) is 0. The van der Waals surface area contributed by atoms with Gasteiger partial charge in [0, 0.05) is 11.4 Å². The van der Waals surface area contributed by atoms with Gasteiger partial charge in [0.2, 0.25) is 0 Å². The highest BCUT2D eigenvalue weighted by Crippen LogP contribution is 2.15. The minimum Gasteiger partial charge on any atom is -0.298 e. The highest BCUT2D eigenvalue weighted by molar-refractivity contribution is 7.09. The van der Waals surface area contributed by atoms with Crippen LogP contribution in [0.25, 0.3) is 0 Å². The second-order valence-corrected chi connectivity index (χ2v) is 9.34. The molecule has 0 saturated heterocycles. The quantitative estimate of drug-likeness (QED) is 0.200. The van der Waals surface area contributed by atoms with E-state index in [0.29, 0.717) is 0 Å². The number of thiophene rings is 1. The molecule has 1 rings (SSSR count). The van der Waals surface area contributed by atoms with E-state index in [2.05, 4.69) is 36.3 Å². The molecule has 0 atom stereocenters. The molecule has 27 heavy (non-hydrogen) atoms. The van der Waals surface area contributed by atoms with Gasteiger partial charge in [-0.3, -0.25) is 4.90 Å². The molecule has 1 aromatic rings. The third-order valence-electron chi connectivity index (χ3n) is 5.62. The lowest BCUT2D eigenvalue weighted by molar-refractivity contribution is 0.254. The molecule has 1 nitrogen and oxygen atoms in total. The van der Waals surface area contributed by atoms with Crippen LogP contribution in [-0.2, 0) is 6.54 Å². The second-order valence-electron chi connectivity index (χ2n) is 8.31. The molecule has 0 bridgehead atoms. The molecule has 1 heterocycles. The zero-order valence-electron chi connectivity index (χ0n) is 18.5. The van der Waals surface area contributed by atoms with Crippen LogP contribution >= 0.6 is 11.3 Å². The molecule has 0 aromatic carbocycles. The molecule has 0 aliphatic heterocycles. The topological polar surface area (TPSA) is 3.24 Å². The molecular formula is C25H47NS. The third-order valence-corrected chi connectivity index (χ3v) is 6.48. The van der Waals surface area contributed by atoms with Crippen LogP contribution in [0.5, 0.6) is 0 Å². The number of unbranched alkanes of at least 4 members (excludes halogenated alkanes) is 14. The van der Waals surface area contributed by atoms with Crippen molar-refractivity contribution in [1.82, 2.24) is 4.90 Å². The molecule has 0 spiro atoms. The summed E-state index contributed by atoms with van der Waals surface area (Å²) >= 11 is 1.92. The van der Waals surface area contributed by atoms with Gasteiger partial charge in [-0.15, -0.1) is 11.3 Å². The van der Waals surface area contributed by atoms with Gasteiger partial charge in [0.15, 0.2) is 0 Å². The average Bonchev–Trinajstić information content (AvgIpc) is 3.18. The third kappa shape index (κ3) is 15.3. The summed E-state index contributed by atoms with van der Waals surface area (Å²) in [4.78, 5) is 4.26. The zero-order chi connectivity index (χ0) is 19.4. The van der Waals surface area contributed by atoms with Crippen molar-refractivity contribution in [2.45, 2.75) is 123 Å². The number of rotatable bonds is 20. The van der Waals surface area contributed by atoms with E-state index in [4.69, 9.17) is 0 Å². The van der Waals surface area contributed by atoms with Crippen molar-refractivity contribution in [1.29, 1.82) is 0 Å². The van der Waals surface area contributed by atoms with Gasteiger partial charge < -0.3 is 0 Å². The van der Waals surface area contributed by atoms with E-state index in [1.54, 1.807) is 0 Å². The van der Waals surface area contributed by atoms with Crippen molar-refractivity contribution in [2.24, 2.45) is 0 Å². The second kappa shape index (κ2) is 19.0. The Balaban J connectivity index is 2.10. The van der Waals surface area contributed by atoms with Crippen LogP contribution in [0, 0.1) is 0 Å². The summed E-state index contributed by atoms with van der Waals surface area (Å²) in [5, 5.41) is 2.22. The van der Waals surface area contributed by atoms with Gasteiger partial charge in [-0.05, 0) is 37.4 Å². The van der Waals surface area contributed by atoms with Crippen LogP contribution in [0.15, 0.2) is 17.5 Å².